The summed E-state index contributed by atoms with van der Waals surface area (Å²) in [5, 5.41) is 3.47. The van der Waals surface area contributed by atoms with E-state index in [1.165, 1.54) is 16.7 Å². The zero-order valence-corrected chi connectivity index (χ0v) is 14.2. The molecule has 2 heteroatoms. The average Bonchev–Trinajstić information content (AvgIpc) is 2.69. The summed E-state index contributed by atoms with van der Waals surface area (Å²) >= 11 is 0. The fourth-order valence-corrected chi connectivity index (χ4v) is 3.08. The van der Waals surface area contributed by atoms with Crippen LogP contribution in [0, 0.1) is 0 Å². The van der Waals surface area contributed by atoms with Crippen LogP contribution in [0.15, 0.2) is 102 Å². The molecule has 1 aliphatic heterocycles. The van der Waals surface area contributed by atoms with Gasteiger partial charge in [0.15, 0.2) is 0 Å². The lowest BCUT2D eigenvalue weighted by Crippen LogP contribution is -2.24. The maximum absolute atomic E-state index is 4.90. The normalized spacial score (nSPS) is 16.6. The van der Waals surface area contributed by atoms with Crippen molar-refractivity contribution in [2.45, 2.75) is 13.1 Å². The van der Waals surface area contributed by atoms with Crippen molar-refractivity contribution in [3.63, 3.8) is 0 Å². The van der Waals surface area contributed by atoms with E-state index in [4.69, 9.17) is 4.99 Å². The Balaban J connectivity index is 1.63. The van der Waals surface area contributed by atoms with Crippen molar-refractivity contribution in [1.29, 1.82) is 0 Å². The summed E-state index contributed by atoms with van der Waals surface area (Å²) in [6.45, 7) is 2.09. The Hall–Kier alpha value is -3.13. The summed E-state index contributed by atoms with van der Waals surface area (Å²) in [6, 6.07) is 29.4. The average molecular weight is 324 g/mol. The van der Waals surface area contributed by atoms with Gasteiger partial charge in [0.05, 0.1) is 5.71 Å². The van der Waals surface area contributed by atoms with Crippen LogP contribution in [0.1, 0.15) is 24.2 Å². The molecule has 0 amide bonds. The van der Waals surface area contributed by atoms with E-state index in [2.05, 4.69) is 79.0 Å². The highest BCUT2D eigenvalue weighted by molar-refractivity contribution is 6.09. The van der Waals surface area contributed by atoms with Gasteiger partial charge in [0.25, 0.3) is 0 Å². The molecule has 0 aromatic heterocycles. The predicted molar refractivity (Wildman–Crippen MR) is 104 cm³/mol. The van der Waals surface area contributed by atoms with E-state index in [1.807, 2.05) is 24.3 Å². The molecule has 1 N–H and O–H groups in total. The molecule has 0 fully saturated rings. The summed E-state index contributed by atoms with van der Waals surface area (Å²) in [5.74, 6) is 0. The van der Waals surface area contributed by atoms with E-state index in [1.54, 1.807) is 0 Å². The molecule has 25 heavy (non-hydrogen) atoms. The number of aliphatic imine (C=N–C) groups is 1. The number of hydrogen-bond donors (Lipinski definition) is 1. The molecular weight excluding hydrogens is 304 g/mol. The van der Waals surface area contributed by atoms with Gasteiger partial charge < -0.3 is 5.32 Å². The maximum Gasteiger partial charge on any atom is 0.145 e. The molecule has 0 aliphatic carbocycles. The molecule has 1 atom stereocenters. The minimum atomic E-state index is -0.0509. The van der Waals surface area contributed by atoms with Crippen LogP contribution in [0.25, 0.3) is 11.1 Å². The molecule has 0 bridgehead atoms. The van der Waals surface area contributed by atoms with E-state index >= 15 is 0 Å². The van der Waals surface area contributed by atoms with Crippen LogP contribution in [0.5, 0.6) is 0 Å². The Morgan fingerprint density at radius 3 is 1.88 bits per heavy atom. The van der Waals surface area contributed by atoms with Gasteiger partial charge in [-0.2, -0.15) is 0 Å². The Morgan fingerprint density at radius 1 is 0.680 bits per heavy atom. The maximum atomic E-state index is 4.90. The van der Waals surface area contributed by atoms with Crippen LogP contribution in [0.3, 0.4) is 0 Å². The molecule has 0 saturated carbocycles. The van der Waals surface area contributed by atoms with Crippen molar-refractivity contribution in [2.24, 2.45) is 4.99 Å². The van der Waals surface area contributed by atoms with Crippen molar-refractivity contribution in [2.75, 3.05) is 0 Å². The molecule has 122 valence electrons. The zero-order chi connectivity index (χ0) is 17.1. The molecule has 4 rings (SSSR count). The lowest BCUT2D eigenvalue weighted by Gasteiger charge is -2.23. The van der Waals surface area contributed by atoms with Gasteiger partial charge in [0.2, 0.25) is 0 Å². The standard InChI is InChI=1S/C23H20N2/c1-17-16-22(20-10-6-3-7-11-20)25-23(24-17)21-14-12-19(13-15-21)18-8-4-2-5-9-18/h2-16,23-24H,1H3. The molecular formula is C23H20N2. The first kappa shape index (κ1) is 15.4. The van der Waals surface area contributed by atoms with Gasteiger partial charge in [-0.25, -0.2) is 0 Å². The molecule has 1 aliphatic rings. The van der Waals surface area contributed by atoms with Crippen LogP contribution in [0.2, 0.25) is 0 Å². The van der Waals surface area contributed by atoms with Gasteiger partial charge in [-0.05, 0) is 35.3 Å². The molecule has 0 saturated heterocycles. The van der Waals surface area contributed by atoms with Crippen LogP contribution in [-0.4, -0.2) is 5.71 Å². The van der Waals surface area contributed by atoms with Crippen LogP contribution in [0.4, 0.5) is 0 Å². The van der Waals surface area contributed by atoms with Crippen molar-refractivity contribution in [3.05, 3.63) is 108 Å². The van der Waals surface area contributed by atoms with Gasteiger partial charge in [0, 0.05) is 5.70 Å². The summed E-state index contributed by atoms with van der Waals surface area (Å²) in [6.07, 6.45) is 2.05. The number of allylic oxidation sites excluding steroid dienone is 2. The highest BCUT2D eigenvalue weighted by Crippen LogP contribution is 2.25. The molecule has 1 heterocycles. The Morgan fingerprint density at radius 2 is 1.24 bits per heavy atom. The summed E-state index contributed by atoms with van der Waals surface area (Å²) < 4.78 is 0. The number of nitrogens with zero attached hydrogens (tertiary/aromatic N) is 1. The largest absolute Gasteiger partial charge is 0.364 e. The van der Waals surface area contributed by atoms with Crippen molar-refractivity contribution < 1.29 is 0 Å². The predicted octanol–water partition coefficient (Wildman–Crippen LogP) is 5.35. The third kappa shape index (κ3) is 3.38. The number of nitrogens with one attached hydrogen (secondary N) is 1. The van der Waals surface area contributed by atoms with Crippen molar-refractivity contribution >= 4 is 5.71 Å². The molecule has 3 aromatic rings. The minimum absolute atomic E-state index is 0.0509. The minimum Gasteiger partial charge on any atom is -0.364 e. The Labute approximate surface area is 148 Å². The molecule has 0 spiro atoms. The second kappa shape index (κ2) is 6.78. The fourth-order valence-electron chi connectivity index (χ4n) is 3.08. The van der Waals surface area contributed by atoms with Crippen molar-refractivity contribution in [3.8, 4) is 11.1 Å². The van der Waals surface area contributed by atoms with Crippen LogP contribution >= 0.6 is 0 Å². The van der Waals surface area contributed by atoms with Gasteiger partial charge in [-0.3, -0.25) is 4.99 Å². The molecule has 0 radical (unpaired) electrons. The van der Waals surface area contributed by atoms with E-state index in [0.29, 0.717) is 0 Å². The topological polar surface area (TPSA) is 24.4 Å². The van der Waals surface area contributed by atoms with Crippen LogP contribution < -0.4 is 5.32 Å². The highest BCUT2D eigenvalue weighted by Gasteiger charge is 2.16. The summed E-state index contributed by atoms with van der Waals surface area (Å²) in [5.41, 5.74) is 6.92. The number of hydrogen-bond acceptors (Lipinski definition) is 2. The highest BCUT2D eigenvalue weighted by atomic mass is 15.1. The summed E-state index contributed by atoms with van der Waals surface area (Å²) in [4.78, 5) is 4.90. The van der Waals surface area contributed by atoms with Gasteiger partial charge >= 0.3 is 0 Å². The lowest BCUT2D eigenvalue weighted by molar-refractivity contribution is 0.620. The number of benzene rings is 3. The molecule has 3 aromatic carbocycles. The van der Waals surface area contributed by atoms with Gasteiger partial charge in [-0.15, -0.1) is 0 Å². The molecule has 1 unspecified atom stereocenters. The Bertz CT molecular complexity index is 907. The first-order chi connectivity index (χ1) is 12.3. The SMILES string of the molecule is CC1=CC(c2ccccc2)=NC(c2ccc(-c3ccccc3)cc2)N1. The first-order valence-electron chi connectivity index (χ1n) is 8.53. The second-order valence-electron chi connectivity index (χ2n) is 6.24. The van der Waals surface area contributed by atoms with Crippen molar-refractivity contribution in [1.82, 2.24) is 5.32 Å². The third-order valence-corrected chi connectivity index (χ3v) is 4.39. The van der Waals surface area contributed by atoms with E-state index < -0.39 is 0 Å². The second-order valence-corrected chi connectivity index (χ2v) is 6.24. The lowest BCUT2D eigenvalue weighted by atomic mass is 10.0. The number of rotatable bonds is 3. The quantitative estimate of drug-likeness (QED) is 0.690. The first-order valence-corrected chi connectivity index (χ1v) is 8.53. The van der Waals surface area contributed by atoms with Gasteiger partial charge in [-0.1, -0.05) is 84.9 Å². The van der Waals surface area contributed by atoms with E-state index in [0.717, 1.165) is 17.0 Å². The fraction of sp³-hybridized carbons (Fsp3) is 0.0870. The van der Waals surface area contributed by atoms with E-state index in [-0.39, 0.29) is 6.17 Å². The Kier molecular flexibility index (Phi) is 4.17. The van der Waals surface area contributed by atoms with E-state index in [9.17, 15) is 0 Å². The van der Waals surface area contributed by atoms with Gasteiger partial charge in [0.1, 0.15) is 6.17 Å². The summed E-state index contributed by atoms with van der Waals surface area (Å²) in [7, 11) is 0. The monoisotopic (exact) mass is 324 g/mol. The third-order valence-electron chi connectivity index (χ3n) is 4.39. The zero-order valence-electron chi connectivity index (χ0n) is 14.2. The van der Waals surface area contributed by atoms with Crippen LogP contribution in [-0.2, 0) is 0 Å². The molecule has 2 nitrogen and oxygen atoms in total. The smallest absolute Gasteiger partial charge is 0.145 e.